The number of aromatic hydroxyl groups is 4. The lowest BCUT2D eigenvalue weighted by atomic mass is 9.99. The molecule has 13 nitrogen and oxygen atoms in total. The number of carboxylic acid groups (broad SMARTS) is 1. The molecule has 0 bridgehead atoms. The molecule has 2 heterocycles. The number of hydrogen-bond donors (Lipinski definition) is 8. The Bertz CT molecular complexity index is 1310. The van der Waals surface area contributed by atoms with Crippen molar-refractivity contribution < 1.29 is 59.5 Å². The quantitative estimate of drug-likeness (QED) is 0.176. The second kappa shape index (κ2) is 8.39. The minimum Gasteiger partial charge on any atom is -0.508 e. The van der Waals surface area contributed by atoms with E-state index in [1.54, 1.807) is 0 Å². The minimum atomic E-state index is -2.03. The van der Waals surface area contributed by atoms with Crippen LogP contribution in [0, 0.1) is 0 Å². The molecule has 5 unspecified atom stereocenters. The van der Waals surface area contributed by atoms with Gasteiger partial charge in [0.15, 0.2) is 23.2 Å². The van der Waals surface area contributed by atoms with E-state index in [-0.39, 0.29) is 11.3 Å². The Morgan fingerprint density at radius 3 is 2.18 bits per heavy atom. The summed E-state index contributed by atoms with van der Waals surface area (Å²) in [5.41, 5.74) is -1.67. The summed E-state index contributed by atoms with van der Waals surface area (Å²) in [4.78, 5) is 24.6. The number of aliphatic hydroxyl groups is 3. The first-order chi connectivity index (χ1) is 16.0. The van der Waals surface area contributed by atoms with Crippen LogP contribution in [0.25, 0.3) is 22.3 Å². The SMILES string of the molecule is O=C(O)C1OC(Oc2c(-c3ccc(O)cc3)oc3c(O)c(O)cc(O)c3c2=O)C(O)C(O)C1O. The first kappa shape index (κ1) is 23.1. The number of carbonyl (C=O) groups is 1. The lowest BCUT2D eigenvalue weighted by Gasteiger charge is -2.38. The minimum absolute atomic E-state index is 0.0784. The standard InChI is InChI=1S/C21H18O13/c22-7-3-1-6(2-4-7)16-18(12(26)10-8(23)5-9(24)11(25)17(10)32-16)33-21-15(29)13(27)14(28)19(34-21)20(30)31/h1-5,13-15,19,21-25,27-29H,(H,30,31). The van der Waals surface area contributed by atoms with E-state index < -0.39 is 81.8 Å². The highest BCUT2D eigenvalue weighted by molar-refractivity contribution is 5.93. The number of benzene rings is 2. The predicted octanol–water partition coefficient (Wildman–Crippen LogP) is -0.447. The number of rotatable bonds is 4. The Hall–Kier alpha value is -4.04. The average molecular weight is 478 g/mol. The molecule has 4 rings (SSSR count). The maximum Gasteiger partial charge on any atom is 0.335 e. The van der Waals surface area contributed by atoms with Gasteiger partial charge in [-0.3, -0.25) is 4.79 Å². The molecule has 0 radical (unpaired) electrons. The second-order valence-electron chi connectivity index (χ2n) is 7.46. The molecule has 3 aromatic rings. The lowest BCUT2D eigenvalue weighted by molar-refractivity contribution is -0.271. The molecule has 8 N–H and O–H groups in total. The van der Waals surface area contributed by atoms with E-state index in [2.05, 4.69) is 0 Å². The Balaban J connectivity index is 1.93. The van der Waals surface area contributed by atoms with Gasteiger partial charge in [-0.2, -0.15) is 0 Å². The summed E-state index contributed by atoms with van der Waals surface area (Å²) in [5, 5.41) is 78.4. The summed E-state index contributed by atoms with van der Waals surface area (Å²) >= 11 is 0. The van der Waals surface area contributed by atoms with Crippen LogP contribution in [0.3, 0.4) is 0 Å². The van der Waals surface area contributed by atoms with Crippen LogP contribution in [-0.2, 0) is 9.53 Å². The Kier molecular flexibility index (Phi) is 5.70. The van der Waals surface area contributed by atoms with Crippen molar-refractivity contribution in [1.82, 2.24) is 0 Å². The maximum atomic E-state index is 13.3. The zero-order chi connectivity index (χ0) is 24.9. The highest BCUT2D eigenvalue weighted by Crippen LogP contribution is 2.42. The first-order valence-electron chi connectivity index (χ1n) is 9.64. The summed E-state index contributed by atoms with van der Waals surface area (Å²) < 4.78 is 16.0. The monoisotopic (exact) mass is 478 g/mol. The highest BCUT2D eigenvalue weighted by Gasteiger charge is 2.48. The summed E-state index contributed by atoms with van der Waals surface area (Å²) in [5.74, 6) is -5.49. The van der Waals surface area contributed by atoms with Gasteiger partial charge >= 0.3 is 5.97 Å². The summed E-state index contributed by atoms with van der Waals surface area (Å²) in [6, 6.07) is 5.67. The Morgan fingerprint density at radius 2 is 1.56 bits per heavy atom. The van der Waals surface area contributed by atoms with Gasteiger partial charge in [0.05, 0.1) is 0 Å². The van der Waals surface area contributed by atoms with Gasteiger partial charge in [0.2, 0.25) is 23.2 Å². The molecule has 0 aliphatic carbocycles. The Labute approximate surface area is 188 Å². The molecule has 0 spiro atoms. The molecule has 34 heavy (non-hydrogen) atoms. The van der Waals surface area contributed by atoms with Gasteiger partial charge in [-0.15, -0.1) is 0 Å². The maximum absolute atomic E-state index is 13.3. The summed E-state index contributed by atoms with van der Waals surface area (Å²) in [6.07, 6.45) is -10.1. The van der Waals surface area contributed by atoms with E-state index in [1.807, 2.05) is 0 Å². The molecule has 1 saturated heterocycles. The van der Waals surface area contributed by atoms with E-state index in [0.717, 1.165) is 0 Å². The van der Waals surface area contributed by atoms with Crippen LogP contribution in [0.1, 0.15) is 0 Å². The lowest BCUT2D eigenvalue weighted by Crippen LogP contribution is -2.61. The van der Waals surface area contributed by atoms with E-state index in [4.69, 9.17) is 13.9 Å². The normalized spacial score (nSPS) is 24.7. The van der Waals surface area contributed by atoms with E-state index in [0.29, 0.717) is 6.07 Å². The molecule has 1 fully saturated rings. The number of hydrogen-bond acceptors (Lipinski definition) is 12. The first-order valence-corrected chi connectivity index (χ1v) is 9.64. The molecule has 1 aliphatic rings. The highest BCUT2D eigenvalue weighted by atomic mass is 16.7. The molecule has 1 aliphatic heterocycles. The topological polar surface area (TPSA) is 228 Å². The van der Waals surface area contributed by atoms with E-state index in [1.165, 1.54) is 24.3 Å². The molecule has 1 aromatic heterocycles. The van der Waals surface area contributed by atoms with Crippen molar-refractivity contribution >= 4 is 16.9 Å². The second-order valence-corrected chi connectivity index (χ2v) is 7.46. The van der Waals surface area contributed by atoms with Crippen LogP contribution in [0.15, 0.2) is 39.5 Å². The molecule has 0 amide bonds. The third kappa shape index (κ3) is 3.72. The van der Waals surface area contributed by atoms with Gasteiger partial charge < -0.3 is 54.7 Å². The smallest absolute Gasteiger partial charge is 0.335 e. The predicted molar refractivity (Wildman–Crippen MR) is 110 cm³/mol. The number of carboxylic acids is 1. The van der Waals surface area contributed by atoms with Crippen molar-refractivity contribution in [3.05, 3.63) is 40.6 Å². The number of aliphatic hydroxyl groups excluding tert-OH is 3. The van der Waals surface area contributed by atoms with E-state index in [9.17, 15) is 50.4 Å². The summed E-state index contributed by atoms with van der Waals surface area (Å²) in [6.45, 7) is 0. The molecule has 0 saturated carbocycles. The van der Waals surface area contributed by atoms with Crippen molar-refractivity contribution in [1.29, 1.82) is 0 Å². The number of phenolic OH excluding ortho intramolecular Hbond substituents is 4. The molecular weight excluding hydrogens is 460 g/mol. The van der Waals surface area contributed by atoms with Crippen LogP contribution in [0.4, 0.5) is 0 Å². The van der Waals surface area contributed by atoms with Crippen LogP contribution < -0.4 is 10.2 Å². The van der Waals surface area contributed by atoms with Crippen molar-refractivity contribution in [3.8, 4) is 40.1 Å². The van der Waals surface area contributed by atoms with Gasteiger partial charge in [-0.25, -0.2) is 4.79 Å². The van der Waals surface area contributed by atoms with Crippen LogP contribution in [0.2, 0.25) is 0 Å². The molecule has 5 atom stereocenters. The third-order valence-electron chi connectivity index (χ3n) is 5.23. The number of ether oxygens (including phenoxy) is 2. The van der Waals surface area contributed by atoms with E-state index >= 15 is 0 Å². The molecule has 13 heteroatoms. The number of phenols is 4. The summed E-state index contributed by atoms with van der Waals surface area (Å²) in [7, 11) is 0. The van der Waals surface area contributed by atoms with Crippen LogP contribution >= 0.6 is 0 Å². The largest absolute Gasteiger partial charge is 0.508 e. The van der Waals surface area contributed by atoms with Crippen LogP contribution in [0.5, 0.6) is 28.7 Å². The van der Waals surface area contributed by atoms with Gasteiger partial charge in [0, 0.05) is 11.6 Å². The van der Waals surface area contributed by atoms with Crippen LogP contribution in [-0.4, -0.2) is 77.5 Å². The fourth-order valence-electron chi connectivity index (χ4n) is 3.48. The zero-order valence-corrected chi connectivity index (χ0v) is 16.9. The van der Waals surface area contributed by atoms with Crippen molar-refractivity contribution in [2.45, 2.75) is 30.7 Å². The fraction of sp³-hybridized carbons (Fsp3) is 0.238. The number of aliphatic carboxylic acids is 1. The zero-order valence-electron chi connectivity index (χ0n) is 16.9. The fourth-order valence-corrected chi connectivity index (χ4v) is 3.48. The molecular formula is C21H18O13. The van der Waals surface area contributed by atoms with Crippen molar-refractivity contribution in [2.75, 3.05) is 0 Å². The van der Waals surface area contributed by atoms with Crippen molar-refractivity contribution in [2.24, 2.45) is 0 Å². The Morgan fingerprint density at radius 1 is 0.912 bits per heavy atom. The molecule has 180 valence electrons. The number of fused-ring (bicyclic) bond motifs is 1. The van der Waals surface area contributed by atoms with Gasteiger partial charge in [0.25, 0.3) is 0 Å². The average Bonchev–Trinajstić information content (AvgIpc) is 2.79. The van der Waals surface area contributed by atoms with Crippen molar-refractivity contribution in [3.63, 3.8) is 0 Å². The molecule has 2 aromatic carbocycles. The van der Waals surface area contributed by atoms with Gasteiger partial charge in [0.1, 0.15) is 35.2 Å². The third-order valence-corrected chi connectivity index (χ3v) is 5.23. The van der Waals surface area contributed by atoms with Gasteiger partial charge in [-0.1, -0.05) is 0 Å². The van der Waals surface area contributed by atoms with Gasteiger partial charge in [-0.05, 0) is 24.3 Å².